The van der Waals surface area contributed by atoms with Gasteiger partial charge in [0.15, 0.2) is 0 Å². The molecule has 0 aliphatic carbocycles. The standard InChI is InChI=1S/C19H22N2O4/c1-14-10-16(25-20-14)18(22)21-11-17(19(13-21)8-5-9-24-19)23-12-15-6-3-2-4-7-15/h2-4,6-7,10,17H,5,8-9,11-13H2,1H3/t17-,19-/m0/s1. The van der Waals surface area contributed by atoms with Gasteiger partial charge in [0.2, 0.25) is 5.76 Å². The Kier molecular flexibility index (Phi) is 4.31. The number of nitrogens with zero attached hydrogens (tertiary/aromatic N) is 2. The van der Waals surface area contributed by atoms with Gasteiger partial charge in [-0.2, -0.15) is 0 Å². The number of amides is 1. The molecule has 25 heavy (non-hydrogen) atoms. The van der Waals surface area contributed by atoms with Gasteiger partial charge in [0.1, 0.15) is 11.7 Å². The minimum absolute atomic E-state index is 0.136. The van der Waals surface area contributed by atoms with E-state index in [9.17, 15) is 4.79 Å². The summed E-state index contributed by atoms with van der Waals surface area (Å²) in [7, 11) is 0. The predicted molar refractivity (Wildman–Crippen MR) is 90.1 cm³/mol. The van der Waals surface area contributed by atoms with Crippen LogP contribution in [0.4, 0.5) is 0 Å². The molecule has 2 fully saturated rings. The first-order chi connectivity index (χ1) is 12.2. The van der Waals surface area contributed by atoms with E-state index in [1.807, 2.05) is 30.3 Å². The molecule has 1 spiro atoms. The van der Waals surface area contributed by atoms with Crippen LogP contribution in [0.1, 0.15) is 34.7 Å². The average molecular weight is 342 g/mol. The third-order valence-corrected chi connectivity index (χ3v) is 4.99. The van der Waals surface area contributed by atoms with Crippen LogP contribution in [-0.2, 0) is 16.1 Å². The van der Waals surface area contributed by atoms with Gasteiger partial charge in [-0.1, -0.05) is 35.5 Å². The molecule has 2 saturated heterocycles. The van der Waals surface area contributed by atoms with Crippen molar-refractivity contribution in [2.24, 2.45) is 0 Å². The van der Waals surface area contributed by atoms with Gasteiger partial charge in [-0.3, -0.25) is 4.79 Å². The SMILES string of the molecule is Cc1cc(C(=O)N2C[C@H](OCc3ccccc3)[C@]3(CCCO3)C2)on1. The van der Waals surface area contributed by atoms with Crippen LogP contribution in [0, 0.1) is 6.92 Å². The maximum absolute atomic E-state index is 12.7. The van der Waals surface area contributed by atoms with Crippen LogP contribution in [0.3, 0.4) is 0 Å². The number of aryl methyl sites for hydroxylation is 1. The molecule has 4 rings (SSSR count). The second-order valence-electron chi connectivity index (χ2n) is 6.82. The quantitative estimate of drug-likeness (QED) is 0.854. The van der Waals surface area contributed by atoms with E-state index < -0.39 is 5.60 Å². The molecule has 0 unspecified atom stereocenters. The van der Waals surface area contributed by atoms with Crippen LogP contribution in [0.5, 0.6) is 0 Å². The molecule has 1 aromatic heterocycles. The summed E-state index contributed by atoms with van der Waals surface area (Å²) in [6.07, 6.45) is 1.77. The van der Waals surface area contributed by atoms with Gasteiger partial charge in [-0.15, -0.1) is 0 Å². The number of hydrogen-bond acceptors (Lipinski definition) is 5. The van der Waals surface area contributed by atoms with Crippen molar-refractivity contribution in [3.05, 3.63) is 53.4 Å². The summed E-state index contributed by atoms with van der Waals surface area (Å²) in [6.45, 7) is 4.07. The van der Waals surface area contributed by atoms with Crippen LogP contribution in [0.2, 0.25) is 0 Å². The first-order valence-corrected chi connectivity index (χ1v) is 8.68. The van der Waals surface area contributed by atoms with Gasteiger partial charge in [0, 0.05) is 12.7 Å². The number of aromatic nitrogens is 1. The molecule has 2 aliphatic heterocycles. The molecule has 2 aromatic rings. The number of carbonyl (C=O) groups is 1. The molecule has 2 atom stereocenters. The van der Waals surface area contributed by atoms with Gasteiger partial charge < -0.3 is 18.9 Å². The van der Waals surface area contributed by atoms with Gasteiger partial charge >= 0.3 is 0 Å². The van der Waals surface area contributed by atoms with Crippen molar-refractivity contribution in [2.45, 2.75) is 38.1 Å². The predicted octanol–water partition coefficient (Wildman–Crippen LogP) is 2.57. The Morgan fingerprint density at radius 2 is 2.24 bits per heavy atom. The third kappa shape index (κ3) is 3.19. The van der Waals surface area contributed by atoms with Crippen LogP contribution < -0.4 is 0 Å². The van der Waals surface area contributed by atoms with Gasteiger partial charge in [-0.05, 0) is 25.3 Å². The van der Waals surface area contributed by atoms with Crippen molar-refractivity contribution in [1.29, 1.82) is 0 Å². The summed E-state index contributed by atoms with van der Waals surface area (Å²) in [5.41, 5.74) is 1.41. The van der Waals surface area contributed by atoms with Gasteiger partial charge in [-0.25, -0.2) is 0 Å². The fourth-order valence-electron chi connectivity index (χ4n) is 3.70. The largest absolute Gasteiger partial charge is 0.370 e. The van der Waals surface area contributed by atoms with E-state index in [-0.39, 0.29) is 17.8 Å². The number of hydrogen-bond donors (Lipinski definition) is 0. The van der Waals surface area contributed by atoms with Crippen LogP contribution in [0.25, 0.3) is 0 Å². The second kappa shape index (κ2) is 6.61. The first-order valence-electron chi connectivity index (χ1n) is 8.68. The summed E-state index contributed by atoms with van der Waals surface area (Å²) in [6, 6.07) is 11.7. The van der Waals surface area contributed by atoms with Crippen molar-refractivity contribution in [3.8, 4) is 0 Å². The summed E-state index contributed by atoms with van der Waals surface area (Å²) in [5, 5.41) is 3.81. The first kappa shape index (κ1) is 16.3. The smallest absolute Gasteiger partial charge is 0.292 e. The molecule has 132 valence electrons. The lowest BCUT2D eigenvalue weighted by molar-refractivity contribution is -0.0959. The Morgan fingerprint density at radius 3 is 2.92 bits per heavy atom. The Balaban J connectivity index is 1.48. The lowest BCUT2D eigenvalue weighted by Gasteiger charge is -2.28. The highest BCUT2D eigenvalue weighted by atomic mass is 16.6. The van der Waals surface area contributed by atoms with E-state index >= 15 is 0 Å². The number of rotatable bonds is 4. The maximum atomic E-state index is 12.7. The fraction of sp³-hybridized carbons (Fsp3) is 0.474. The van der Waals surface area contributed by atoms with Crippen LogP contribution in [0.15, 0.2) is 40.9 Å². The number of benzene rings is 1. The summed E-state index contributed by atoms with van der Waals surface area (Å²) in [5.74, 6) is 0.121. The highest BCUT2D eigenvalue weighted by Crippen LogP contribution is 2.38. The highest BCUT2D eigenvalue weighted by Gasteiger charge is 2.52. The molecule has 1 amide bonds. The Hall–Kier alpha value is -2.18. The van der Waals surface area contributed by atoms with E-state index in [0.717, 1.165) is 18.4 Å². The normalized spacial score (nSPS) is 25.8. The van der Waals surface area contributed by atoms with Crippen LogP contribution >= 0.6 is 0 Å². The van der Waals surface area contributed by atoms with Crippen molar-refractivity contribution in [1.82, 2.24) is 10.1 Å². The molecule has 0 bridgehead atoms. The molecular weight excluding hydrogens is 320 g/mol. The van der Waals surface area contributed by atoms with Crippen LogP contribution in [-0.4, -0.2) is 47.4 Å². The van der Waals surface area contributed by atoms with E-state index in [0.29, 0.717) is 32.0 Å². The second-order valence-corrected chi connectivity index (χ2v) is 6.82. The molecule has 0 radical (unpaired) electrons. The Bertz CT molecular complexity index is 737. The monoisotopic (exact) mass is 342 g/mol. The summed E-state index contributed by atoms with van der Waals surface area (Å²) in [4.78, 5) is 14.5. The van der Waals surface area contributed by atoms with E-state index in [1.54, 1.807) is 17.9 Å². The molecule has 6 nitrogen and oxygen atoms in total. The average Bonchev–Trinajstić information content (AvgIpc) is 3.35. The zero-order valence-electron chi connectivity index (χ0n) is 14.3. The molecule has 1 aromatic carbocycles. The molecule has 3 heterocycles. The van der Waals surface area contributed by atoms with Gasteiger partial charge in [0.25, 0.3) is 5.91 Å². The Morgan fingerprint density at radius 1 is 1.40 bits per heavy atom. The molecular formula is C19H22N2O4. The Labute approximate surface area is 146 Å². The minimum atomic E-state index is -0.403. The highest BCUT2D eigenvalue weighted by molar-refractivity contribution is 5.91. The minimum Gasteiger partial charge on any atom is -0.370 e. The number of likely N-dealkylation sites (tertiary alicyclic amines) is 1. The lowest BCUT2D eigenvalue weighted by Crippen LogP contribution is -2.42. The summed E-state index contributed by atoms with van der Waals surface area (Å²) >= 11 is 0. The summed E-state index contributed by atoms with van der Waals surface area (Å²) < 4.78 is 17.4. The van der Waals surface area contributed by atoms with E-state index in [4.69, 9.17) is 14.0 Å². The number of ether oxygens (including phenoxy) is 2. The third-order valence-electron chi connectivity index (χ3n) is 4.99. The van der Waals surface area contributed by atoms with E-state index in [2.05, 4.69) is 5.16 Å². The maximum Gasteiger partial charge on any atom is 0.292 e. The molecule has 0 N–H and O–H groups in total. The zero-order valence-corrected chi connectivity index (χ0v) is 14.3. The molecule has 2 aliphatic rings. The molecule has 0 saturated carbocycles. The van der Waals surface area contributed by atoms with Crippen molar-refractivity contribution in [2.75, 3.05) is 19.7 Å². The fourth-order valence-corrected chi connectivity index (χ4v) is 3.70. The number of carbonyl (C=O) groups excluding carboxylic acids is 1. The van der Waals surface area contributed by atoms with E-state index in [1.165, 1.54) is 0 Å². The van der Waals surface area contributed by atoms with Crippen molar-refractivity contribution < 1.29 is 18.8 Å². The van der Waals surface area contributed by atoms with Gasteiger partial charge in [0.05, 0.1) is 25.4 Å². The van der Waals surface area contributed by atoms with Crippen molar-refractivity contribution >= 4 is 5.91 Å². The topological polar surface area (TPSA) is 64.8 Å². The van der Waals surface area contributed by atoms with Crippen molar-refractivity contribution in [3.63, 3.8) is 0 Å². The lowest BCUT2D eigenvalue weighted by atomic mass is 9.96. The zero-order chi connectivity index (χ0) is 17.3. The molecule has 6 heteroatoms.